The number of anilines is 2. The first kappa shape index (κ1) is 21.8. The Hall–Kier alpha value is -3.44. The van der Waals surface area contributed by atoms with Gasteiger partial charge in [-0.25, -0.2) is 0 Å². The molecule has 1 heterocycles. The maximum Gasteiger partial charge on any atom is 0.241 e. The van der Waals surface area contributed by atoms with Crippen LogP contribution in [-0.4, -0.2) is 48.8 Å². The molecule has 1 saturated heterocycles. The van der Waals surface area contributed by atoms with Crippen molar-refractivity contribution in [2.24, 2.45) is 0 Å². The number of nitrogens with zero attached hydrogens (tertiary/aromatic N) is 2. The van der Waals surface area contributed by atoms with Crippen molar-refractivity contribution in [1.29, 1.82) is 0 Å². The fourth-order valence-corrected chi connectivity index (χ4v) is 4.14. The molecule has 4 rings (SSSR count). The van der Waals surface area contributed by atoms with Gasteiger partial charge in [0.25, 0.3) is 0 Å². The zero-order valence-corrected chi connectivity index (χ0v) is 18.6. The fourth-order valence-electron chi connectivity index (χ4n) is 4.14. The highest BCUT2D eigenvalue weighted by atomic mass is 16.2. The van der Waals surface area contributed by atoms with Gasteiger partial charge in [0.1, 0.15) is 0 Å². The summed E-state index contributed by atoms with van der Waals surface area (Å²) in [6.07, 6.45) is 0. The number of benzene rings is 3. The van der Waals surface area contributed by atoms with Crippen LogP contribution in [0.1, 0.15) is 24.2 Å². The van der Waals surface area contributed by atoms with Crippen LogP contribution in [0.5, 0.6) is 0 Å². The molecular formula is C27H29N3O2. The number of hydrogen-bond donors (Lipinski definition) is 1. The molecule has 164 valence electrons. The van der Waals surface area contributed by atoms with Crippen molar-refractivity contribution >= 4 is 23.1 Å². The van der Waals surface area contributed by atoms with Crippen LogP contribution in [0.15, 0.2) is 78.9 Å². The van der Waals surface area contributed by atoms with Crippen LogP contribution >= 0.6 is 0 Å². The second kappa shape index (κ2) is 9.79. The smallest absolute Gasteiger partial charge is 0.241 e. The molecule has 0 spiro atoms. The average Bonchev–Trinajstić information content (AvgIpc) is 2.84. The lowest BCUT2D eigenvalue weighted by molar-refractivity contribution is -0.120. The second-order valence-electron chi connectivity index (χ2n) is 8.20. The van der Waals surface area contributed by atoms with Gasteiger partial charge in [-0.3, -0.25) is 14.5 Å². The SMILES string of the molecule is CC(=O)c1ccc(N2CCN([C@@H](C)C(=O)Nc3ccccc3-c3ccccc3)CC2)cc1. The van der Waals surface area contributed by atoms with E-state index in [1.165, 1.54) is 0 Å². The highest BCUT2D eigenvalue weighted by Gasteiger charge is 2.26. The maximum atomic E-state index is 13.0. The number of hydrogen-bond acceptors (Lipinski definition) is 4. The standard InChI is InChI=1S/C27H29N3O2/c1-20(27(32)28-26-11-7-6-10-25(26)23-8-4-3-5-9-23)29-16-18-30(19-17-29)24-14-12-22(13-15-24)21(2)31/h3-15,20H,16-19H2,1-2H3,(H,28,32)/t20-/m0/s1. The number of rotatable bonds is 6. The Kier molecular flexibility index (Phi) is 6.66. The number of carbonyl (C=O) groups excluding carboxylic acids is 2. The van der Waals surface area contributed by atoms with Gasteiger partial charge in [0.2, 0.25) is 5.91 Å². The molecular weight excluding hydrogens is 398 g/mol. The number of Topliss-reactive ketones (excluding diaryl/α,β-unsaturated/α-hetero) is 1. The first-order chi connectivity index (χ1) is 15.5. The quantitative estimate of drug-likeness (QED) is 0.579. The summed E-state index contributed by atoms with van der Waals surface area (Å²) in [4.78, 5) is 29.1. The zero-order valence-electron chi connectivity index (χ0n) is 18.6. The summed E-state index contributed by atoms with van der Waals surface area (Å²) >= 11 is 0. The molecule has 1 aliphatic heterocycles. The molecule has 3 aromatic rings. The number of carbonyl (C=O) groups is 2. The number of amides is 1. The average molecular weight is 428 g/mol. The number of para-hydroxylation sites is 1. The Morgan fingerprint density at radius 2 is 1.44 bits per heavy atom. The summed E-state index contributed by atoms with van der Waals surface area (Å²) < 4.78 is 0. The second-order valence-corrected chi connectivity index (χ2v) is 8.20. The van der Waals surface area contributed by atoms with E-state index in [0.717, 1.165) is 54.2 Å². The van der Waals surface area contributed by atoms with Gasteiger partial charge < -0.3 is 10.2 Å². The van der Waals surface area contributed by atoms with Crippen LogP contribution in [0, 0.1) is 0 Å². The molecule has 0 bridgehead atoms. The van der Waals surface area contributed by atoms with E-state index in [1.54, 1.807) is 6.92 Å². The van der Waals surface area contributed by atoms with Gasteiger partial charge in [0.05, 0.1) is 6.04 Å². The monoisotopic (exact) mass is 427 g/mol. The van der Waals surface area contributed by atoms with E-state index in [1.807, 2.05) is 73.7 Å². The van der Waals surface area contributed by atoms with E-state index < -0.39 is 0 Å². The maximum absolute atomic E-state index is 13.0. The van der Waals surface area contributed by atoms with Crippen molar-refractivity contribution in [1.82, 2.24) is 4.90 Å². The van der Waals surface area contributed by atoms with Crippen LogP contribution in [0.4, 0.5) is 11.4 Å². The van der Waals surface area contributed by atoms with Crippen molar-refractivity contribution in [3.63, 3.8) is 0 Å². The van der Waals surface area contributed by atoms with Gasteiger partial charge in [0, 0.05) is 48.7 Å². The summed E-state index contributed by atoms with van der Waals surface area (Å²) in [5.41, 5.74) is 4.78. The normalized spacial score (nSPS) is 15.2. The van der Waals surface area contributed by atoms with Crippen molar-refractivity contribution in [2.45, 2.75) is 19.9 Å². The van der Waals surface area contributed by atoms with Crippen molar-refractivity contribution in [3.8, 4) is 11.1 Å². The molecule has 32 heavy (non-hydrogen) atoms. The van der Waals surface area contributed by atoms with Crippen molar-refractivity contribution in [2.75, 3.05) is 36.4 Å². The Labute approximate surface area is 189 Å². The van der Waals surface area contributed by atoms with Gasteiger partial charge in [-0.1, -0.05) is 48.5 Å². The third kappa shape index (κ3) is 4.89. The zero-order chi connectivity index (χ0) is 22.5. The summed E-state index contributed by atoms with van der Waals surface area (Å²) in [6, 6.07) is 25.6. The highest BCUT2D eigenvalue weighted by Crippen LogP contribution is 2.28. The molecule has 1 fully saturated rings. The van der Waals surface area contributed by atoms with E-state index in [2.05, 4.69) is 27.2 Å². The largest absolute Gasteiger partial charge is 0.369 e. The first-order valence-electron chi connectivity index (χ1n) is 11.1. The Morgan fingerprint density at radius 3 is 2.09 bits per heavy atom. The summed E-state index contributed by atoms with van der Waals surface area (Å²) in [7, 11) is 0. The molecule has 1 amide bonds. The van der Waals surface area contributed by atoms with E-state index in [-0.39, 0.29) is 17.7 Å². The lowest BCUT2D eigenvalue weighted by Gasteiger charge is -2.38. The lowest BCUT2D eigenvalue weighted by Crippen LogP contribution is -2.52. The lowest BCUT2D eigenvalue weighted by atomic mass is 10.0. The van der Waals surface area contributed by atoms with Crippen LogP contribution in [0.2, 0.25) is 0 Å². The molecule has 0 saturated carbocycles. The van der Waals surface area contributed by atoms with E-state index in [4.69, 9.17) is 0 Å². The molecule has 5 nitrogen and oxygen atoms in total. The summed E-state index contributed by atoms with van der Waals surface area (Å²) in [5, 5.41) is 3.14. The van der Waals surface area contributed by atoms with Gasteiger partial charge >= 0.3 is 0 Å². The van der Waals surface area contributed by atoms with E-state index >= 15 is 0 Å². The van der Waals surface area contributed by atoms with Gasteiger partial charge in [-0.2, -0.15) is 0 Å². The minimum Gasteiger partial charge on any atom is -0.369 e. The number of ketones is 1. The number of nitrogens with one attached hydrogen (secondary N) is 1. The minimum atomic E-state index is -0.221. The first-order valence-corrected chi connectivity index (χ1v) is 11.1. The Balaban J connectivity index is 1.37. The van der Waals surface area contributed by atoms with Crippen LogP contribution in [0.25, 0.3) is 11.1 Å². The number of piperazine rings is 1. The third-order valence-corrected chi connectivity index (χ3v) is 6.15. The fraction of sp³-hybridized carbons (Fsp3) is 0.259. The molecule has 3 aromatic carbocycles. The molecule has 1 N–H and O–H groups in total. The van der Waals surface area contributed by atoms with E-state index in [0.29, 0.717) is 0 Å². The van der Waals surface area contributed by atoms with Crippen molar-refractivity contribution < 1.29 is 9.59 Å². The van der Waals surface area contributed by atoms with Crippen LogP contribution in [0.3, 0.4) is 0 Å². The predicted molar refractivity (Wildman–Crippen MR) is 130 cm³/mol. The molecule has 0 aromatic heterocycles. The minimum absolute atomic E-state index is 0.00708. The van der Waals surface area contributed by atoms with Gasteiger partial charge in [-0.15, -0.1) is 0 Å². The molecule has 0 unspecified atom stereocenters. The predicted octanol–water partition coefficient (Wildman–Crippen LogP) is 4.71. The van der Waals surface area contributed by atoms with Gasteiger partial charge in [0.15, 0.2) is 5.78 Å². The third-order valence-electron chi connectivity index (χ3n) is 6.15. The van der Waals surface area contributed by atoms with Crippen molar-refractivity contribution in [3.05, 3.63) is 84.4 Å². The summed E-state index contributed by atoms with van der Waals surface area (Å²) in [5.74, 6) is 0.0858. The molecule has 1 aliphatic rings. The molecule has 5 heteroatoms. The molecule has 0 radical (unpaired) electrons. The van der Waals surface area contributed by atoms with Crippen LogP contribution < -0.4 is 10.2 Å². The highest BCUT2D eigenvalue weighted by molar-refractivity contribution is 5.98. The van der Waals surface area contributed by atoms with Crippen LogP contribution in [-0.2, 0) is 4.79 Å². The summed E-state index contributed by atoms with van der Waals surface area (Å²) in [6.45, 7) is 6.86. The molecule has 1 atom stereocenters. The molecule has 0 aliphatic carbocycles. The Bertz CT molecular complexity index is 1070. The van der Waals surface area contributed by atoms with E-state index in [9.17, 15) is 9.59 Å². The Morgan fingerprint density at radius 1 is 0.812 bits per heavy atom. The topological polar surface area (TPSA) is 52.7 Å². The van der Waals surface area contributed by atoms with Gasteiger partial charge in [-0.05, 0) is 49.7 Å².